The molecule has 7 nitrogen and oxygen atoms in total. The first kappa shape index (κ1) is 21.5. The van der Waals surface area contributed by atoms with Crippen LogP contribution in [0.2, 0.25) is 0 Å². The SMILES string of the molecule is CCc1ccc(Cc2cc([C@@H]3O[C@H](CO)[C@@H](O)[C@H](O)[C@H]3O)cc(OC)c2N)cc1. The molecule has 5 atom stereocenters. The van der Waals surface area contributed by atoms with Crippen molar-refractivity contribution in [1.29, 1.82) is 0 Å². The number of hydrogen-bond acceptors (Lipinski definition) is 7. The molecule has 0 aliphatic carbocycles. The van der Waals surface area contributed by atoms with Gasteiger partial charge < -0.3 is 35.6 Å². The molecular formula is C22H29NO6. The zero-order valence-electron chi connectivity index (χ0n) is 16.7. The lowest BCUT2D eigenvalue weighted by Gasteiger charge is -2.40. The Morgan fingerprint density at radius 2 is 1.66 bits per heavy atom. The molecule has 0 unspecified atom stereocenters. The molecule has 0 aromatic heterocycles. The van der Waals surface area contributed by atoms with E-state index in [0.29, 0.717) is 23.4 Å². The summed E-state index contributed by atoms with van der Waals surface area (Å²) in [6.07, 6.45) is -4.62. The Balaban J connectivity index is 1.96. The van der Waals surface area contributed by atoms with Gasteiger partial charge >= 0.3 is 0 Å². The molecule has 2 aromatic rings. The zero-order valence-corrected chi connectivity index (χ0v) is 16.7. The number of benzene rings is 2. The van der Waals surface area contributed by atoms with Gasteiger partial charge in [0.25, 0.3) is 0 Å². The lowest BCUT2D eigenvalue weighted by molar-refractivity contribution is -0.231. The third-order valence-corrected chi connectivity index (χ3v) is 5.52. The van der Waals surface area contributed by atoms with E-state index in [1.807, 2.05) is 12.1 Å². The normalized spacial score (nSPS) is 27.0. The van der Waals surface area contributed by atoms with E-state index in [1.165, 1.54) is 12.7 Å². The first-order valence-electron chi connectivity index (χ1n) is 9.74. The molecule has 1 saturated heterocycles. The minimum atomic E-state index is -1.44. The van der Waals surface area contributed by atoms with Crippen LogP contribution in [0.5, 0.6) is 5.75 Å². The Hall–Kier alpha value is -2.16. The molecule has 158 valence electrons. The molecule has 1 aliphatic rings. The smallest absolute Gasteiger partial charge is 0.142 e. The van der Waals surface area contributed by atoms with Gasteiger partial charge in [-0.2, -0.15) is 0 Å². The summed E-state index contributed by atoms with van der Waals surface area (Å²) >= 11 is 0. The maximum Gasteiger partial charge on any atom is 0.142 e. The van der Waals surface area contributed by atoms with E-state index in [4.69, 9.17) is 15.2 Å². The van der Waals surface area contributed by atoms with Crippen LogP contribution in [0.15, 0.2) is 36.4 Å². The number of aryl methyl sites for hydroxylation is 1. The first-order chi connectivity index (χ1) is 13.9. The topological polar surface area (TPSA) is 125 Å². The maximum atomic E-state index is 10.5. The van der Waals surface area contributed by atoms with Crippen LogP contribution < -0.4 is 10.5 Å². The van der Waals surface area contributed by atoms with Crippen molar-refractivity contribution in [2.45, 2.75) is 50.3 Å². The van der Waals surface area contributed by atoms with Crippen molar-refractivity contribution >= 4 is 5.69 Å². The second-order valence-electron chi connectivity index (χ2n) is 7.39. The maximum absolute atomic E-state index is 10.5. The second kappa shape index (κ2) is 9.11. The molecule has 1 aliphatic heterocycles. The third kappa shape index (κ3) is 4.39. The van der Waals surface area contributed by atoms with Crippen LogP contribution >= 0.6 is 0 Å². The average Bonchev–Trinajstić information content (AvgIpc) is 2.74. The van der Waals surface area contributed by atoms with Gasteiger partial charge in [0.1, 0.15) is 36.3 Å². The van der Waals surface area contributed by atoms with Crippen LogP contribution in [-0.2, 0) is 17.6 Å². The minimum Gasteiger partial charge on any atom is -0.495 e. The van der Waals surface area contributed by atoms with Crippen LogP contribution in [0.4, 0.5) is 5.69 Å². The van der Waals surface area contributed by atoms with Gasteiger partial charge in [-0.3, -0.25) is 0 Å². The van der Waals surface area contributed by atoms with Gasteiger partial charge in [0, 0.05) is 0 Å². The van der Waals surface area contributed by atoms with Crippen molar-refractivity contribution in [2.24, 2.45) is 0 Å². The largest absolute Gasteiger partial charge is 0.495 e. The van der Waals surface area contributed by atoms with E-state index < -0.39 is 37.1 Å². The Bertz CT molecular complexity index is 823. The highest BCUT2D eigenvalue weighted by molar-refractivity contribution is 5.61. The number of anilines is 1. The molecular weight excluding hydrogens is 374 g/mol. The van der Waals surface area contributed by atoms with E-state index in [2.05, 4.69) is 19.1 Å². The summed E-state index contributed by atoms with van der Waals surface area (Å²) in [5.74, 6) is 0.430. The van der Waals surface area contributed by atoms with Gasteiger partial charge in [-0.05, 0) is 41.2 Å². The number of rotatable bonds is 6. The predicted molar refractivity (Wildman–Crippen MR) is 109 cm³/mol. The van der Waals surface area contributed by atoms with Gasteiger partial charge in [-0.1, -0.05) is 37.3 Å². The summed E-state index contributed by atoms with van der Waals surface area (Å²) in [6, 6.07) is 11.7. The van der Waals surface area contributed by atoms with Gasteiger partial charge in [-0.25, -0.2) is 0 Å². The first-order valence-corrected chi connectivity index (χ1v) is 9.74. The van der Waals surface area contributed by atoms with Crippen LogP contribution in [-0.4, -0.2) is 58.6 Å². The van der Waals surface area contributed by atoms with Crippen molar-refractivity contribution in [1.82, 2.24) is 0 Å². The van der Waals surface area contributed by atoms with E-state index in [9.17, 15) is 20.4 Å². The predicted octanol–water partition coefficient (Wildman–Crippen LogP) is 0.945. The summed E-state index contributed by atoms with van der Waals surface area (Å²) < 4.78 is 11.1. The monoisotopic (exact) mass is 403 g/mol. The van der Waals surface area contributed by atoms with Gasteiger partial charge in [-0.15, -0.1) is 0 Å². The average molecular weight is 403 g/mol. The van der Waals surface area contributed by atoms with Crippen LogP contribution in [0, 0.1) is 0 Å². The standard InChI is InChI=1S/C22H29NO6/c1-3-12-4-6-13(7-5-12)8-14-9-15(10-16(28-2)18(14)23)22-21(27)20(26)19(25)17(11-24)29-22/h4-7,9-10,17,19-22,24-27H,3,8,11,23H2,1-2H3/t17-,19-,20+,21-,22+/m1/s1. The van der Waals surface area contributed by atoms with Crippen molar-refractivity contribution in [3.63, 3.8) is 0 Å². The van der Waals surface area contributed by atoms with Crippen molar-refractivity contribution in [3.8, 4) is 5.75 Å². The number of nitrogen functional groups attached to an aromatic ring is 1. The van der Waals surface area contributed by atoms with Gasteiger partial charge in [0.15, 0.2) is 0 Å². The zero-order chi connectivity index (χ0) is 21.1. The fourth-order valence-corrected chi connectivity index (χ4v) is 3.68. The van der Waals surface area contributed by atoms with E-state index in [-0.39, 0.29) is 0 Å². The van der Waals surface area contributed by atoms with Crippen molar-refractivity contribution in [3.05, 3.63) is 58.7 Å². The van der Waals surface area contributed by atoms with E-state index in [1.54, 1.807) is 12.1 Å². The molecule has 2 aromatic carbocycles. The van der Waals surface area contributed by atoms with Crippen LogP contribution in [0.3, 0.4) is 0 Å². The molecule has 0 bridgehead atoms. The molecule has 0 spiro atoms. The molecule has 1 fully saturated rings. The molecule has 1 heterocycles. The van der Waals surface area contributed by atoms with E-state index >= 15 is 0 Å². The van der Waals surface area contributed by atoms with E-state index in [0.717, 1.165) is 17.5 Å². The Labute approximate surface area is 170 Å². The Morgan fingerprint density at radius 1 is 1.00 bits per heavy atom. The number of methoxy groups -OCH3 is 1. The molecule has 7 heteroatoms. The number of hydrogen-bond donors (Lipinski definition) is 5. The minimum absolute atomic E-state index is 0.430. The summed E-state index contributed by atoms with van der Waals surface area (Å²) in [5, 5.41) is 40.0. The Morgan fingerprint density at radius 3 is 2.24 bits per heavy atom. The highest BCUT2D eigenvalue weighted by Crippen LogP contribution is 2.37. The van der Waals surface area contributed by atoms with Crippen LogP contribution in [0.1, 0.15) is 35.3 Å². The molecule has 0 saturated carbocycles. The van der Waals surface area contributed by atoms with Crippen molar-refractivity contribution in [2.75, 3.05) is 19.5 Å². The lowest BCUT2D eigenvalue weighted by atomic mass is 9.89. The van der Waals surface area contributed by atoms with Gasteiger partial charge in [0.2, 0.25) is 0 Å². The highest BCUT2D eigenvalue weighted by Gasteiger charge is 2.44. The molecule has 6 N–H and O–H groups in total. The molecule has 29 heavy (non-hydrogen) atoms. The summed E-state index contributed by atoms with van der Waals surface area (Å²) in [6.45, 7) is 1.62. The van der Waals surface area contributed by atoms with Crippen molar-refractivity contribution < 1.29 is 29.9 Å². The molecule has 0 amide bonds. The summed E-state index contributed by atoms with van der Waals surface area (Å²) in [4.78, 5) is 0. The summed E-state index contributed by atoms with van der Waals surface area (Å²) in [7, 11) is 1.50. The Kier molecular flexibility index (Phi) is 6.77. The molecule has 0 radical (unpaired) electrons. The second-order valence-corrected chi connectivity index (χ2v) is 7.39. The lowest BCUT2D eigenvalue weighted by Crippen LogP contribution is -2.55. The highest BCUT2D eigenvalue weighted by atomic mass is 16.5. The fourth-order valence-electron chi connectivity index (χ4n) is 3.68. The number of ether oxygens (including phenoxy) is 2. The number of aliphatic hydroxyl groups excluding tert-OH is 4. The number of aliphatic hydroxyl groups is 4. The third-order valence-electron chi connectivity index (χ3n) is 5.52. The van der Waals surface area contributed by atoms with Crippen LogP contribution in [0.25, 0.3) is 0 Å². The quantitative estimate of drug-likeness (QED) is 0.455. The van der Waals surface area contributed by atoms with Gasteiger partial charge in [0.05, 0.1) is 19.4 Å². The molecule has 3 rings (SSSR count). The number of nitrogens with two attached hydrogens (primary N) is 1. The summed E-state index contributed by atoms with van der Waals surface area (Å²) in [5.41, 5.74) is 10.4. The fraction of sp³-hybridized carbons (Fsp3) is 0.455.